The van der Waals surface area contributed by atoms with Gasteiger partial charge in [0.1, 0.15) is 0 Å². The second kappa shape index (κ2) is 5.41. The van der Waals surface area contributed by atoms with Gasteiger partial charge in [-0.15, -0.1) is 11.8 Å². The lowest BCUT2D eigenvalue weighted by Crippen LogP contribution is -2.04. The van der Waals surface area contributed by atoms with Crippen LogP contribution in [0.5, 0.6) is 0 Å². The largest absolute Gasteiger partial charge is 0.465 e. The molecular weight excluding hydrogens is 264 g/mol. The molecular formula is C10H11BrO2S. The van der Waals surface area contributed by atoms with Crippen LogP contribution in [0.1, 0.15) is 15.9 Å². The average molecular weight is 275 g/mol. The van der Waals surface area contributed by atoms with Gasteiger partial charge in [-0.2, -0.15) is 0 Å². The molecule has 0 N–H and O–H groups in total. The minimum absolute atomic E-state index is 0.282. The van der Waals surface area contributed by atoms with Crippen LogP contribution >= 0.6 is 27.7 Å². The van der Waals surface area contributed by atoms with Crippen LogP contribution in [0.4, 0.5) is 0 Å². The maximum atomic E-state index is 11.4. The van der Waals surface area contributed by atoms with Crippen LogP contribution in [0.25, 0.3) is 0 Å². The van der Waals surface area contributed by atoms with E-state index in [1.807, 2.05) is 24.5 Å². The average Bonchev–Trinajstić information content (AvgIpc) is 2.27. The maximum Gasteiger partial charge on any atom is 0.338 e. The molecule has 76 valence electrons. The third-order valence-corrected chi connectivity index (χ3v) is 3.20. The normalized spacial score (nSPS) is 9.93. The van der Waals surface area contributed by atoms with Crippen LogP contribution in [0.15, 0.2) is 23.1 Å². The van der Waals surface area contributed by atoms with Crippen LogP contribution in [0.2, 0.25) is 0 Å². The molecule has 2 nitrogen and oxygen atoms in total. The zero-order valence-corrected chi connectivity index (χ0v) is 10.4. The minimum atomic E-state index is -0.282. The Kier molecular flexibility index (Phi) is 4.48. The van der Waals surface area contributed by atoms with Gasteiger partial charge in [0.25, 0.3) is 0 Å². The van der Waals surface area contributed by atoms with E-state index in [0.717, 1.165) is 10.5 Å². The number of ether oxygens (including phenoxy) is 1. The summed E-state index contributed by atoms with van der Waals surface area (Å²) in [5, 5.41) is 0.659. The highest BCUT2D eigenvalue weighted by atomic mass is 79.9. The van der Waals surface area contributed by atoms with Crippen molar-refractivity contribution < 1.29 is 9.53 Å². The molecule has 0 bridgehead atoms. The van der Waals surface area contributed by atoms with Gasteiger partial charge in [-0.05, 0) is 24.0 Å². The summed E-state index contributed by atoms with van der Waals surface area (Å²) in [4.78, 5) is 12.5. The van der Waals surface area contributed by atoms with Crippen molar-refractivity contribution >= 4 is 33.7 Å². The van der Waals surface area contributed by atoms with Gasteiger partial charge >= 0.3 is 5.97 Å². The van der Waals surface area contributed by atoms with Crippen LogP contribution in [0.3, 0.4) is 0 Å². The monoisotopic (exact) mass is 274 g/mol. The van der Waals surface area contributed by atoms with Gasteiger partial charge in [0.15, 0.2) is 0 Å². The fourth-order valence-corrected chi connectivity index (χ4v) is 2.03. The topological polar surface area (TPSA) is 26.3 Å². The van der Waals surface area contributed by atoms with Crippen molar-refractivity contribution in [1.82, 2.24) is 0 Å². The number of benzene rings is 1. The Morgan fingerprint density at radius 2 is 2.29 bits per heavy atom. The third-order valence-electron chi connectivity index (χ3n) is 1.87. The van der Waals surface area contributed by atoms with E-state index in [2.05, 4.69) is 15.9 Å². The Morgan fingerprint density at radius 3 is 2.79 bits per heavy atom. The Morgan fingerprint density at radius 1 is 1.57 bits per heavy atom. The third kappa shape index (κ3) is 2.51. The molecule has 0 amide bonds. The SMILES string of the molecule is COC(=O)c1cc(SC)ccc1CBr. The standard InChI is InChI=1S/C10H11BrO2S/c1-13-10(12)9-5-8(14-2)4-3-7(9)6-11/h3-5H,6H2,1-2H3. The Balaban J connectivity index is 3.14. The first kappa shape index (κ1) is 11.6. The highest BCUT2D eigenvalue weighted by Crippen LogP contribution is 2.21. The number of hydrogen-bond donors (Lipinski definition) is 0. The molecule has 0 atom stereocenters. The molecule has 14 heavy (non-hydrogen) atoms. The van der Waals surface area contributed by atoms with E-state index < -0.39 is 0 Å². The summed E-state index contributed by atoms with van der Waals surface area (Å²) in [6.45, 7) is 0. The summed E-state index contributed by atoms with van der Waals surface area (Å²) in [7, 11) is 1.39. The van der Waals surface area contributed by atoms with E-state index in [0.29, 0.717) is 10.9 Å². The summed E-state index contributed by atoms with van der Waals surface area (Å²) >= 11 is 4.94. The Hall–Kier alpha value is -0.480. The highest BCUT2D eigenvalue weighted by molar-refractivity contribution is 9.08. The van der Waals surface area contributed by atoms with E-state index in [9.17, 15) is 4.79 Å². The summed E-state index contributed by atoms with van der Waals surface area (Å²) in [6.07, 6.45) is 1.98. The molecule has 0 aromatic heterocycles. The highest BCUT2D eigenvalue weighted by Gasteiger charge is 2.11. The second-order valence-corrected chi connectivity index (χ2v) is 4.09. The van der Waals surface area contributed by atoms with Crippen molar-refractivity contribution in [2.45, 2.75) is 10.2 Å². The predicted octanol–water partition coefficient (Wildman–Crippen LogP) is 3.09. The number of thioether (sulfide) groups is 1. The van der Waals surface area contributed by atoms with Gasteiger partial charge in [-0.25, -0.2) is 4.79 Å². The Labute approximate surface area is 96.2 Å². The fraction of sp³-hybridized carbons (Fsp3) is 0.300. The van der Waals surface area contributed by atoms with Gasteiger partial charge in [-0.3, -0.25) is 0 Å². The summed E-state index contributed by atoms with van der Waals surface area (Å²) < 4.78 is 4.71. The number of rotatable bonds is 3. The number of esters is 1. The fourth-order valence-electron chi connectivity index (χ4n) is 1.10. The van der Waals surface area contributed by atoms with Crippen LogP contribution in [-0.4, -0.2) is 19.3 Å². The number of alkyl halides is 1. The van der Waals surface area contributed by atoms with E-state index in [4.69, 9.17) is 4.74 Å². The molecule has 0 unspecified atom stereocenters. The lowest BCUT2D eigenvalue weighted by atomic mass is 10.1. The lowest BCUT2D eigenvalue weighted by Gasteiger charge is -2.06. The molecule has 0 radical (unpaired) electrons. The van der Waals surface area contributed by atoms with Crippen molar-refractivity contribution in [2.75, 3.05) is 13.4 Å². The van der Waals surface area contributed by atoms with Crippen LogP contribution in [-0.2, 0) is 10.1 Å². The molecule has 0 saturated heterocycles. The van der Waals surface area contributed by atoms with Crippen molar-refractivity contribution in [3.8, 4) is 0 Å². The molecule has 0 fully saturated rings. The molecule has 0 aliphatic heterocycles. The summed E-state index contributed by atoms with van der Waals surface area (Å²) in [6, 6.07) is 5.79. The van der Waals surface area contributed by atoms with Gasteiger partial charge in [0, 0.05) is 10.2 Å². The van der Waals surface area contributed by atoms with E-state index in [-0.39, 0.29) is 5.97 Å². The Bertz CT molecular complexity index is 339. The molecule has 4 heteroatoms. The first-order chi connectivity index (χ1) is 6.72. The number of carbonyl (C=O) groups excluding carboxylic acids is 1. The molecule has 0 spiro atoms. The predicted molar refractivity (Wildman–Crippen MR) is 62.2 cm³/mol. The van der Waals surface area contributed by atoms with E-state index >= 15 is 0 Å². The van der Waals surface area contributed by atoms with Crippen LogP contribution < -0.4 is 0 Å². The van der Waals surface area contributed by atoms with E-state index in [1.54, 1.807) is 11.8 Å². The quantitative estimate of drug-likeness (QED) is 0.481. The smallest absolute Gasteiger partial charge is 0.338 e. The molecule has 1 aromatic carbocycles. The maximum absolute atomic E-state index is 11.4. The van der Waals surface area contributed by atoms with Gasteiger partial charge in [-0.1, -0.05) is 22.0 Å². The lowest BCUT2D eigenvalue weighted by molar-refractivity contribution is 0.0599. The molecule has 1 aromatic rings. The number of halogens is 1. The van der Waals surface area contributed by atoms with Crippen molar-refractivity contribution in [3.63, 3.8) is 0 Å². The van der Waals surface area contributed by atoms with Crippen LogP contribution in [0, 0.1) is 0 Å². The first-order valence-corrected chi connectivity index (χ1v) is 6.38. The molecule has 0 heterocycles. The van der Waals surface area contributed by atoms with Crippen molar-refractivity contribution in [3.05, 3.63) is 29.3 Å². The zero-order chi connectivity index (χ0) is 10.6. The van der Waals surface area contributed by atoms with Gasteiger partial charge in [0.2, 0.25) is 0 Å². The second-order valence-electron chi connectivity index (χ2n) is 2.65. The number of carbonyl (C=O) groups is 1. The minimum Gasteiger partial charge on any atom is -0.465 e. The van der Waals surface area contributed by atoms with Gasteiger partial charge < -0.3 is 4.74 Å². The number of methoxy groups -OCH3 is 1. The molecule has 0 aliphatic rings. The molecule has 0 aliphatic carbocycles. The van der Waals surface area contributed by atoms with Crippen molar-refractivity contribution in [1.29, 1.82) is 0 Å². The molecule has 1 rings (SSSR count). The summed E-state index contributed by atoms with van der Waals surface area (Å²) in [5.74, 6) is -0.282. The molecule has 0 saturated carbocycles. The summed E-state index contributed by atoms with van der Waals surface area (Å²) in [5.41, 5.74) is 1.59. The van der Waals surface area contributed by atoms with Crippen molar-refractivity contribution in [2.24, 2.45) is 0 Å². The first-order valence-electron chi connectivity index (χ1n) is 4.04. The van der Waals surface area contributed by atoms with Gasteiger partial charge in [0.05, 0.1) is 12.7 Å². The zero-order valence-electron chi connectivity index (χ0n) is 8.04. The van der Waals surface area contributed by atoms with E-state index in [1.165, 1.54) is 7.11 Å². The number of hydrogen-bond acceptors (Lipinski definition) is 3.